The molecule has 0 saturated heterocycles. The van der Waals surface area contributed by atoms with E-state index in [2.05, 4.69) is 32.7 Å². The number of aromatic nitrogens is 3. The second-order valence-corrected chi connectivity index (χ2v) is 5.99. The average molecular weight is 328 g/mol. The van der Waals surface area contributed by atoms with E-state index in [1.807, 2.05) is 6.92 Å². The number of nitrogens with one attached hydrogen (secondary N) is 3. The molecule has 2 aromatic rings. The summed E-state index contributed by atoms with van der Waals surface area (Å²) in [6.07, 6.45) is 1.76. The first-order chi connectivity index (χ1) is 9.69. The van der Waals surface area contributed by atoms with Crippen LogP contribution in [0.25, 0.3) is 0 Å². The highest BCUT2D eigenvalue weighted by atomic mass is 35.5. The van der Waals surface area contributed by atoms with E-state index < -0.39 is 0 Å². The lowest BCUT2D eigenvalue weighted by atomic mass is 10.1. The van der Waals surface area contributed by atoms with Gasteiger partial charge in [-0.3, -0.25) is 15.2 Å². The number of carbonyl (C=O) groups excluding carboxylic acids is 1. The minimum absolute atomic E-state index is 0. The maximum absolute atomic E-state index is 12.3. The maximum atomic E-state index is 12.3. The number of halogens is 1. The maximum Gasteiger partial charge on any atom is 0.278 e. The Labute approximate surface area is 133 Å². The molecule has 0 saturated carbocycles. The Kier molecular flexibility index (Phi) is 4.97. The summed E-state index contributed by atoms with van der Waals surface area (Å²) >= 11 is 1.51. The van der Waals surface area contributed by atoms with Crippen LogP contribution in [-0.2, 0) is 19.4 Å². The summed E-state index contributed by atoms with van der Waals surface area (Å²) in [6, 6.07) is 0. The van der Waals surface area contributed by atoms with Gasteiger partial charge in [0.05, 0.1) is 5.69 Å². The Bertz CT molecular complexity index is 651. The van der Waals surface area contributed by atoms with Crippen LogP contribution in [0, 0.1) is 6.92 Å². The Morgan fingerprint density at radius 1 is 1.48 bits per heavy atom. The van der Waals surface area contributed by atoms with Crippen molar-refractivity contribution >= 4 is 34.8 Å². The molecule has 21 heavy (non-hydrogen) atoms. The van der Waals surface area contributed by atoms with Crippen molar-refractivity contribution in [1.82, 2.24) is 20.5 Å². The van der Waals surface area contributed by atoms with Crippen LogP contribution in [0.4, 0.5) is 5.13 Å². The summed E-state index contributed by atoms with van der Waals surface area (Å²) in [4.78, 5) is 17.9. The van der Waals surface area contributed by atoms with Gasteiger partial charge in [-0.05, 0) is 13.3 Å². The molecule has 114 valence electrons. The van der Waals surface area contributed by atoms with E-state index >= 15 is 0 Å². The van der Waals surface area contributed by atoms with Crippen molar-refractivity contribution < 1.29 is 4.79 Å². The number of aryl methyl sites for hydroxylation is 2. The Morgan fingerprint density at radius 2 is 2.29 bits per heavy atom. The van der Waals surface area contributed by atoms with Crippen LogP contribution in [0.1, 0.15) is 39.2 Å². The molecule has 1 aliphatic rings. The van der Waals surface area contributed by atoms with Crippen molar-refractivity contribution in [2.75, 3.05) is 11.9 Å². The lowest BCUT2D eigenvalue weighted by Gasteiger charge is -2.12. The minimum atomic E-state index is -0.192. The topological polar surface area (TPSA) is 82.7 Å². The second kappa shape index (κ2) is 6.55. The third-order valence-electron chi connectivity index (χ3n) is 3.47. The number of nitrogens with zero attached hydrogens (tertiary/aromatic N) is 2. The van der Waals surface area contributed by atoms with Gasteiger partial charge in [-0.2, -0.15) is 5.10 Å². The molecule has 0 bridgehead atoms. The SMILES string of the molecule is CCc1nc(NC(=O)c2n[nH]c3c2CNCC3)sc1C.Cl. The third-order valence-corrected chi connectivity index (χ3v) is 4.40. The van der Waals surface area contributed by atoms with Gasteiger partial charge in [-0.1, -0.05) is 6.92 Å². The summed E-state index contributed by atoms with van der Waals surface area (Å²) in [6.45, 7) is 5.68. The zero-order valence-electron chi connectivity index (χ0n) is 11.9. The molecule has 3 N–H and O–H groups in total. The first kappa shape index (κ1) is 15.9. The molecule has 0 fully saturated rings. The van der Waals surface area contributed by atoms with Gasteiger partial charge < -0.3 is 5.32 Å². The molecule has 2 aromatic heterocycles. The van der Waals surface area contributed by atoms with Gasteiger partial charge in [0.15, 0.2) is 10.8 Å². The van der Waals surface area contributed by atoms with Gasteiger partial charge in [-0.25, -0.2) is 4.98 Å². The smallest absolute Gasteiger partial charge is 0.278 e. The molecule has 0 aliphatic carbocycles. The third kappa shape index (κ3) is 3.09. The first-order valence-corrected chi connectivity index (χ1v) is 7.55. The fraction of sp³-hybridized carbons (Fsp3) is 0.462. The van der Waals surface area contributed by atoms with E-state index in [4.69, 9.17) is 0 Å². The van der Waals surface area contributed by atoms with Crippen LogP contribution in [0.2, 0.25) is 0 Å². The van der Waals surface area contributed by atoms with Gasteiger partial charge in [0.25, 0.3) is 5.91 Å². The monoisotopic (exact) mass is 327 g/mol. The quantitative estimate of drug-likeness (QED) is 0.806. The number of hydrogen-bond acceptors (Lipinski definition) is 5. The number of H-pyrrole nitrogens is 1. The number of hydrogen-bond donors (Lipinski definition) is 3. The molecular formula is C13H18ClN5OS. The molecule has 6 nitrogen and oxygen atoms in total. The van der Waals surface area contributed by atoms with Crippen LogP contribution >= 0.6 is 23.7 Å². The van der Waals surface area contributed by atoms with Crippen molar-refractivity contribution in [2.45, 2.75) is 33.2 Å². The highest BCUT2D eigenvalue weighted by Gasteiger charge is 2.22. The van der Waals surface area contributed by atoms with Gasteiger partial charge in [0, 0.05) is 35.6 Å². The van der Waals surface area contributed by atoms with Crippen LogP contribution in [-0.4, -0.2) is 27.6 Å². The lowest BCUT2D eigenvalue weighted by molar-refractivity contribution is 0.102. The predicted octanol–water partition coefficient (Wildman–Crippen LogP) is 2.06. The zero-order chi connectivity index (χ0) is 14.1. The number of carbonyl (C=O) groups is 1. The van der Waals surface area contributed by atoms with Gasteiger partial charge in [-0.15, -0.1) is 23.7 Å². The summed E-state index contributed by atoms with van der Waals surface area (Å²) in [7, 11) is 0. The number of anilines is 1. The number of amides is 1. The van der Waals surface area contributed by atoms with Crippen molar-refractivity contribution in [3.8, 4) is 0 Å². The average Bonchev–Trinajstić information content (AvgIpc) is 3.02. The summed E-state index contributed by atoms with van der Waals surface area (Å²) < 4.78 is 0. The molecule has 8 heteroatoms. The summed E-state index contributed by atoms with van der Waals surface area (Å²) in [5, 5.41) is 13.8. The molecule has 3 heterocycles. The van der Waals surface area contributed by atoms with Crippen molar-refractivity contribution in [3.05, 3.63) is 27.5 Å². The molecule has 0 spiro atoms. The highest BCUT2D eigenvalue weighted by molar-refractivity contribution is 7.15. The molecule has 1 amide bonds. The number of fused-ring (bicyclic) bond motifs is 1. The molecule has 1 aliphatic heterocycles. The normalized spacial score (nSPS) is 13.4. The first-order valence-electron chi connectivity index (χ1n) is 6.73. The standard InChI is InChI=1S/C13H17N5OS.ClH/c1-3-9-7(2)20-13(15-9)16-12(19)11-8-6-14-5-4-10(8)17-18-11;/h14H,3-6H2,1-2H3,(H,17,18)(H,15,16,19);1H. The molecule has 0 atom stereocenters. The van der Waals surface area contributed by atoms with Gasteiger partial charge >= 0.3 is 0 Å². The largest absolute Gasteiger partial charge is 0.312 e. The van der Waals surface area contributed by atoms with Crippen LogP contribution in [0.3, 0.4) is 0 Å². The number of rotatable bonds is 3. The van der Waals surface area contributed by atoms with Gasteiger partial charge in [0.1, 0.15) is 0 Å². The number of aromatic amines is 1. The van der Waals surface area contributed by atoms with Crippen LogP contribution in [0.5, 0.6) is 0 Å². The van der Waals surface area contributed by atoms with E-state index in [1.165, 1.54) is 11.3 Å². The summed E-state index contributed by atoms with van der Waals surface area (Å²) in [5.74, 6) is -0.192. The lowest BCUT2D eigenvalue weighted by Crippen LogP contribution is -2.25. The molecule has 0 radical (unpaired) electrons. The second-order valence-electron chi connectivity index (χ2n) is 4.79. The Balaban J connectivity index is 0.00000161. The Hall–Kier alpha value is -1.44. The van der Waals surface area contributed by atoms with E-state index in [0.29, 0.717) is 17.4 Å². The van der Waals surface area contributed by atoms with Crippen molar-refractivity contribution in [3.63, 3.8) is 0 Å². The van der Waals surface area contributed by atoms with E-state index in [0.717, 1.165) is 41.2 Å². The highest BCUT2D eigenvalue weighted by Crippen LogP contribution is 2.23. The fourth-order valence-electron chi connectivity index (χ4n) is 2.38. The Morgan fingerprint density at radius 3 is 3.00 bits per heavy atom. The van der Waals surface area contributed by atoms with E-state index in [1.54, 1.807) is 0 Å². The number of thiazole rings is 1. The van der Waals surface area contributed by atoms with Crippen molar-refractivity contribution in [2.24, 2.45) is 0 Å². The van der Waals surface area contributed by atoms with Crippen molar-refractivity contribution in [1.29, 1.82) is 0 Å². The zero-order valence-corrected chi connectivity index (χ0v) is 13.6. The predicted molar refractivity (Wildman–Crippen MR) is 85.4 cm³/mol. The molecule has 0 unspecified atom stereocenters. The van der Waals surface area contributed by atoms with Gasteiger partial charge in [0.2, 0.25) is 0 Å². The molecular weight excluding hydrogens is 310 g/mol. The molecule has 0 aromatic carbocycles. The van der Waals surface area contributed by atoms with Crippen LogP contribution < -0.4 is 10.6 Å². The van der Waals surface area contributed by atoms with E-state index in [-0.39, 0.29) is 18.3 Å². The van der Waals surface area contributed by atoms with Crippen LogP contribution in [0.15, 0.2) is 0 Å². The molecule has 3 rings (SSSR count). The fourth-order valence-corrected chi connectivity index (χ4v) is 3.28. The summed E-state index contributed by atoms with van der Waals surface area (Å²) in [5.41, 5.74) is 3.53. The minimum Gasteiger partial charge on any atom is -0.312 e. The van der Waals surface area contributed by atoms with E-state index in [9.17, 15) is 4.79 Å².